The van der Waals surface area contributed by atoms with E-state index in [4.69, 9.17) is 0 Å². The first-order valence-corrected chi connectivity index (χ1v) is 4.27. The summed E-state index contributed by atoms with van der Waals surface area (Å²) in [6, 6.07) is 0.374. The van der Waals surface area contributed by atoms with E-state index in [1.54, 1.807) is 11.0 Å². The van der Waals surface area contributed by atoms with Crippen molar-refractivity contribution in [2.45, 2.75) is 26.3 Å². The number of nitrogens with zero attached hydrogens (tertiary/aromatic N) is 4. The van der Waals surface area contributed by atoms with Crippen LogP contribution in [0.3, 0.4) is 0 Å². The maximum atomic E-state index is 3.82. The fourth-order valence-electron chi connectivity index (χ4n) is 0.990. The van der Waals surface area contributed by atoms with Crippen LogP contribution >= 0.6 is 0 Å². The van der Waals surface area contributed by atoms with Crippen molar-refractivity contribution in [2.24, 2.45) is 0 Å². The zero-order valence-electron chi connectivity index (χ0n) is 7.56. The van der Waals surface area contributed by atoms with E-state index in [9.17, 15) is 0 Å². The van der Waals surface area contributed by atoms with Crippen LogP contribution in [0.2, 0.25) is 0 Å². The Balaban J connectivity index is 2.25. The molecule has 1 rings (SSSR count). The third kappa shape index (κ3) is 2.58. The number of rotatable bonds is 5. The summed E-state index contributed by atoms with van der Waals surface area (Å²) in [5, 5.41) is 14.2. The Bertz CT molecular complexity index is 196. The largest absolute Gasteiger partial charge is 0.317 e. The summed E-state index contributed by atoms with van der Waals surface area (Å²) in [4.78, 5) is 0. The Morgan fingerprint density at radius 2 is 2.42 bits per heavy atom. The molecule has 0 spiro atoms. The van der Waals surface area contributed by atoms with E-state index in [0.717, 1.165) is 19.5 Å². The van der Waals surface area contributed by atoms with Gasteiger partial charge in [-0.25, -0.2) is 4.68 Å². The molecule has 1 unspecified atom stereocenters. The van der Waals surface area contributed by atoms with Gasteiger partial charge in [0.15, 0.2) is 0 Å². The molecule has 5 nitrogen and oxygen atoms in total. The van der Waals surface area contributed by atoms with E-state index >= 15 is 0 Å². The lowest BCUT2D eigenvalue weighted by Crippen LogP contribution is -2.18. The lowest BCUT2D eigenvalue weighted by atomic mass is 10.2. The molecule has 0 fully saturated rings. The Kier molecular flexibility index (Phi) is 3.66. The van der Waals surface area contributed by atoms with Crippen LogP contribution in [-0.2, 0) is 0 Å². The normalized spacial score (nSPS) is 13.2. The Morgan fingerprint density at radius 3 is 3.00 bits per heavy atom. The summed E-state index contributed by atoms with van der Waals surface area (Å²) >= 11 is 0. The summed E-state index contributed by atoms with van der Waals surface area (Å²) < 4.78 is 1.78. The second-order valence-electron chi connectivity index (χ2n) is 2.78. The van der Waals surface area contributed by atoms with Crippen molar-refractivity contribution in [3.8, 4) is 0 Å². The quantitative estimate of drug-likeness (QED) is 0.641. The third-order valence-corrected chi connectivity index (χ3v) is 1.81. The minimum absolute atomic E-state index is 0.374. The molecule has 1 N–H and O–H groups in total. The van der Waals surface area contributed by atoms with Crippen molar-refractivity contribution < 1.29 is 0 Å². The maximum Gasteiger partial charge on any atom is 0.138 e. The highest BCUT2D eigenvalue weighted by Gasteiger charge is 2.03. The molecule has 0 aliphatic carbocycles. The summed E-state index contributed by atoms with van der Waals surface area (Å²) in [5.74, 6) is 0. The van der Waals surface area contributed by atoms with Crippen LogP contribution in [0.25, 0.3) is 0 Å². The van der Waals surface area contributed by atoms with Gasteiger partial charge in [-0.1, -0.05) is 6.92 Å². The van der Waals surface area contributed by atoms with Crippen LogP contribution < -0.4 is 5.32 Å². The van der Waals surface area contributed by atoms with Crippen LogP contribution in [0, 0.1) is 0 Å². The van der Waals surface area contributed by atoms with Crippen molar-refractivity contribution in [2.75, 3.05) is 13.1 Å². The predicted octanol–water partition coefficient (Wildman–Crippen LogP) is 0.234. The highest BCUT2D eigenvalue weighted by Crippen LogP contribution is 2.04. The van der Waals surface area contributed by atoms with Gasteiger partial charge in [-0.05, 0) is 36.9 Å². The van der Waals surface area contributed by atoms with Crippen LogP contribution in [0.1, 0.15) is 26.3 Å². The van der Waals surface area contributed by atoms with Crippen molar-refractivity contribution in [1.29, 1.82) is 0 Å². The van der Waals surface area contributed by atoms with Crippen LogP contribution in [-0.4, -0.2) is 33.3 Å². The topological polar surface area (TPSA) is 55.6 Å². The maximum absolute atomic E-state index is 3.82. The van der Waals surface area contributed by atoms with E-state index in [1.165, 1.54) is 0 Å². The lowest BCUT2D eigenvalue weighted by molar-refractivity contribution is 0.436. The highest BCUT2D eigenvalue weighted by atomic mass is 15.5. The standard InChI is InChI=1S/C7H15N5/c1-3-8-5-4-7(2)12-6-9-10-11-12/h6-8H,3-5H2,1-2H3. The second-order valence-corrected chi connectivity index (χ2v) is 2.78. The van der Waals surface area contributed by atoms with Crippen LogP contribution in [0.5, 0.6) is 0 Å². The first-order chi connectivity index (χ1) is 5.84. The van der Waals surface area contributed by atoms with Crippen molar-refractivity contribution in [3.05, 3.63) is 6.33 Å². The molecule has 0 bridgehead atoms. The van der Waals surface area contributed by atoms with Gasteiger partial charge in [0.05, 0.1) is 6.04 Å². The van der Waals surface area contributed by atoms with E-state index in [1.807, 2.05) is 0 Å². The van der Waals surface area contributed by atoms with Gasteiger partial charge < -0.3 is 5.32 Å². The number of nitrogens with one attached hydrogen (secondary N) is 1. The molecule has 1 aromatic rings. The SMILES string of the molecule is CCNCCC(C)n1cnnn1. The van der Waals surface area contributed by atoms with E-state index in [2.05, 4.69) is 34.7 Å². The summed E-state index contributed by atoms with van der Waals surface area (Å²) in [6.07, 6.45) is 2.70. The number of tetrazole rings is 1. The Morgan fingerprint density at radius 1 is 1.58 bits per heavy atom. The number of hydrogen-bond acceptors (Lipinski definition) is 4. The molecule has 68 valence electrons. The molecule has 1 aromatic heterocycles. The number of aromatic nitrogens is 4. The van der Waals surface area contributed by atoms with Gasteiger partial charge in [0.1, 0.15) is 6.33 Å². The molecular weight excluding hydrogens is 154 g/mol. The molecule has 0 amide bonds. The minimum atomic E-state index is 0.374. The lowest BCUT2D eigenvalue weighted by Gasteiger charge is -2.09. The number of hydrogen-bond donors (Lipinski definition) is 1. The smallest absolute Gasteiger partial charge is 0.138 e. The molecule has 5 heteroatoms. The zero-order valence-corrected chi connectivity index (χ0v) is 7.56. The first kappa shape index (κ1) is 9.12. The molecule has 0 aromatic carbocycles. The van der Waals surface area contributed by atoms with E-state index in [-0.39, 0.29) is 0 Å². The van der Waals surface area contributed by atoms with Crippen molar-refractivity contribution >= 4 is 0 Å². The monoisotopic (exact) mass is 169 g/mol. The summed E-state index contributed by atoms with van der Waals surface area (Å²) in [6.45, 7) is 6.23. The third-order valence-electron chi connectivity index (χ3n) is 1.81. The fraction of sp³-hybridized carbons (Fsp3) is 0.857. The highest BCUT2D eigenvalue weighted by molar-refractivity contribution is 4.61. The summed E-state index contributed by atoms with van der Waals surface area (Å²) in [5.41, 5.74) is 0. The van der Waals surface area contributed by atoms with Crippen molar-refractivity contribution in [1.82, 2.24) is 25.5 Å². The van der Waals surface area contributed by atoms with Gasteiger partial charge >= 0.3 is 0 Å². The van der Waals surface area contributed by atoms with E-state index in [0.29, 0.717) is 6.04 Å². The van der Waals surface area contributed by atoms with Gasteiger partial charge in [0, 0.05) is 0 Å². The molecule has 0 aliphatic rings. The zero-order chi connectivity index (χ0) is 8.81. The Hall–Kier alpha value is -0.970. The van der Waals surface area contributed by atoms with Gasteiger partial charge in [0.2, 0.25) is 0 Å². The molecule has 1 heterocycles. The van der Waals surface area contributed by atoms with E-state index < -0.39 is 0 Å². The van der Waals surface area contributed by atoms with Gasteiger partial charge in [-0.3, -0.25) is 0 Å². The van der Waals surface area contributed by atoms with Gasteiger partial charge in [0.25, 0.3) is 0 Å². The molecule has 12 heavy (non-hydrogen) atoms. The molecular formula is C7H15N5. The molecule has 0 saturated carbocycles. The van der Waals surface area contributed by atoms with Crippen LogP contribution in [0.15, 0.2) is 6.33 Å². The average molecular weight is 169 g/mol. The van der Waals surface area contributed by atoms with Crippen LogP contribution in [0.4, 0.5) is 0 Å². The second kappa shape index (κ2) is 4.82. The molecule has 0 radical (unpaired) electrons. The van der Waals surface area contributed by atoms with Crippen molar-refractivity contribution in [3.63, 3.8) is 0 Å². The molecule has 0 saturated heterocycles. The summed E-state index contributed by atoms with van der Waals surface area (Å²) in [7, 11) is 0. The Labute approximate surface area is 72.2 Å². The predicted molar refractivity (Wildman–Crippen MR) is 45.7 cm³/mol. The average Bonchev–Trinajstić information content (AvgIpc) is 2.56. The van der Waals surface area contributed by atoms with Gasteiger partial charge in [-0.2, -0.15) is 0 Å². The molecule has 1 atom stereocenters. The van der Waals surface area contributed by atoms with Gasteiger partial charge in [-0.15, -0.1) is 5.10 Å². The minimum Gasteiger partial charge on any atom is -0.317 e. The molecule has 0 aliphatic heterocycles. The fourth-order valence-corrected chi connectivity index (χ4v) is 0.990. The first-order valence-electron chi connectivity index (χ1n) is 4.27.